The summed E-state index contributed by atoms with van der Waals surface area (Å²) < 4.78 is 4.77. The third-order valence-corrected chi connectivity index (χ3v) is 4.44. The van der Waals surface area contributed by atoms with Gasteiger partial charge in [-0.15, -0.1) is 0 Å². The Morgan fingerprint density at radius 1 is 0.880 bits per heavy atom. The van der Waals surface area contributed by atoms with Crippen LogP contribution in [0.15, 0.2) is 66.7 Å². The molecule has 0 amide bonds. The molecule has 122 valence electrons. The van der Waals surface area contributed by atoms with Crippen molar-refractivity contribution in [1.29, 1.82) is 0 Å². The van der Waals surface area contributed by atoms with Gasteiger partial charge in [-0.2, -0.15) is 0 Å². The van der Waals surface area contributed by atoms with E-state index in [-0.39, 0.29) is 5.97 Å². The molecule has 0 fully saturated rings. The summed E-state index contributed by atoms with van der Waals surface area (Å²) in [5.74, 6) is -0.335. The molecule has 4 rings (SSSR count). The lowest BCUT2D eigenvalue weighted by Crippen LogP contribution is -2.00. The molecule has 0 spiro atoms. The summed E-state index contributed by atoms with van der Waals surface area (Å²) in [6, 6.07) is 22.0. The minimum Gasteiger partial charge on any atom is -0.465 e. The first-order valence-electron chi connectivity index (χ1n) is 8.15. The number of fused-ring (bicyclic) bond motifs is 3. The van der Waals surface area contributed by atoms with E-state index in [1.165, 1.54) is 18.1 Å². The van der Waals surface area contributed by atoms with Crippen LogP contribution < -0.4 is 0 Å². The van der Waals surface area contributed by atoms with Crippen LogP contribution in [0.2, 0.25) is 0 Å². The van der Waals surface area contributed by atoms with Crippen molar-refractivity contribution in [2.45, 2.75) is 6.92 Å². The predicted octanol–water partition coefficient (Wildman–Crippen LogP) is 5.15. The number of esters is 1. The quantitative estimate of drug-likeness (QED) is 0.377. The molecule has 25 heavy (non-hydrogen) atoms. The number of methoxy groups -OCH3 is 1. The van der Waals surface area contributed by atoms with E-state index in [1.807, 2.05) is 24.3 Å². The van der Waals surface area contributed by atoms with Crippen molar-refractivity contribution < 1.29 is 9.53 Å². The normalized spacial score (nSPS) is 11.0. The fraction of sp³-hybridized carbons (Fsp3) is 0.0909. The SMILES string of the molecule is COC(=O)c1ccc(-c2nc3ccc(C)cc3c3ccccc23)cc1. The lowest BCUT2D eigenvalue weighted by atomic mass is 9.98. The molecule has 0 bridgehead atoms. The molecule has 0 aliphatic carbocycles. The molecule has 0 radical (unpaired) electrons. The van der Waals surface area contributed by atoms with E-state index < -0.39 is 0 Å². The molecule has 3 nitrogen and oxygen atoms in total. The summed E-state index contributed by atoms with van der Waals surface area (Å²) >= 11 is 0. The van der Waals surface area contributed by atoms with E-state index in [1.54, 1.807) is 12.1 Å². The van der Waals surface area contributed by atoms with Gasteiger partial charge in [-0.05, 0) is 36.6 Å². The molecule has 0 N–H and O–H groups in total. The number of pyridine rings is 1. The number of rotatable bonds is 2. The van der Waals surface area contributed by atoms with Gasteiger partial charge in [0.25, 0.3) is 0 Å². The van der Waals surface area contributed by atoms with Crippen LogP contribution in [0.4, 0.5) is 0 Å². The summed E-state index contributed by atoms with van der Waals surface area (Å²) in [7, 11) is 1.39. The number of aromatic nitrogens is 1. The molecule has 4 aromatic rings. The zero-order valence-corrected chi connectivity index (χ0v) is 14.1. The van der Waals surface area contributed by atoms with Crippen molar-refractivity contribution in [3.8, 4) is 11.3 Å². The maximum atomic E-state index is 11.6. The fourth-order valence-corrected chi connectivity index (χ4v) is 3.17. The van der Waals surface area contributed by atoms with Gasteiger partial charge in [-0.1, -0.05) is 48.0 Å². The number of carbonyl (C=O) groups excluding carboxylic acids is 1. The van der Waals surface area contributed by atoms with Gasteiger partial charge in [0.2, 0.25) is 0 Å². The summed E-state index contributed by atoms with van der Waals surface area (Å²) in [5.41, 5.74) is 4.62. The maximum Gasteiger partial charge on any atom is 0.337 e. The summed E-state index contributed by atoms with van der Waals surface area (Å²) in [6.45, 7) is 2.09. The predicted molar refractivity (Wildman–Crippen MR) is 101 cm³/mol. The van der Waals surface area contributed by atoms with Crippen molar-refractivity contribution in [1.82, 2.24) is 4.98 Å². The standard InChI is InChI=1S/C22H17NO2/c1-14-7-12-20-19(13-14)17-5-3-4-6-18(17)21(23-20)15-8-10-16(11-9-15)22(24)25-2/h3-13H,1-2H3. The molecule has 1 heterocycles. The zero-order valence-electron chi connectivity index (χ0n) is 14.1. The number of benzene rings is 3. The van der Waals surface area contributed by atoms with E-state index in [9.17, 15) is 4.79 Å². The second-order valence-corrected chi connectivity index (χ2v) is 6.10. The Bertz CT molecular complexity index is 1100. The Labute approximate surface area is 145 Å². The highest BCUT2D eigenvalue weighted by molar-refractivity contribution is 6.11. The Morgan fingerprint density at radius 3 is 2.32 bits per heavy atom. The number of hydrogen-bond acceptors (Lipinski definition) is 3. The second kappa shape index (κ2) is 6.02. The highest BCUT2D eigenvalue weighted by atomic mass is 16.5. The smallest absolute Gasteiger partial charge is 0.337 e. The Kier molecular flexibility index (Phi) is 3.69. The van der Waals surface area contributed by atoms with Gasteiger partial charge in [-0.25, -0.2) is 9.78 Å². The van der Waals surface area contributed by atoms with E-state index in [0.717, 1.165) is 27.5 Å². The third kappa shape index (κ3) is 2.64. The van der Waals surface area contributed by atoms with Crippen molar-refractivity contribution in [3.05, 3.63) is 77.9 Å². The summed E-state index contributed by atoms with van der Waals surface area (Å²) in [4.78, 5) is 16.5. The number of aryl methyl sites for hydroxylation is 1. The van der Waals surface area contributed by atoms with Crippen molar-refractivity contribution in [2.75, 3.05) is 7.11 Å². The van der Waals surface area contributed by atoms with E-state index in [4.69, 9.17) is 9.72 Å². The number of ether oxygens (including phenoxy) is 1. The largest absolute Gasteiger partial charge is 0.465 e. The van der Waals surface area contributed by atoms with E-state index in [2.05, 4.69) is 37.3 Å². The van der Waals surface area contributed by atoms with Crippen LogP contribution in [0.3, 0.4) is 0 Å². The molecule has 1 aromatic heterocycles. The first kappa shape index (κ1) is 15.3. The van der Waals surface area contributed by atoms with Gasteiger partial charge < -0.3 is 4.74 Å². The van der Waals surface area contributed by atoms with Crippen LogP contribution in [0.25, 0.3) is 32.9 Å². The van der Waals surface area contributed by atoms with Gasteiger partial charge in [0.15, 0.2) is 0 Å². The first-order valence-corrected chi connectivity index (χ1v) is 8.15. The highest BCUT2D eigenvalue weighted by Gasteiger charge is 2.11. The Morgan fingerprint density at radius 2 is 1.60 bits per heavy atom. The summed E-state index contributed by atoms with van der Waals surface area (Å²) in [5, 5.41) is 3.44. The van der Waals surface area contributed by atoms with Crippen molar-refractivity contribution in [3.63, 3.8) is 0 Å². The molecular weight excluding hydrogens is 310 g/mol. The lowest BCUT2D eigenvalue weighted by molar-refractivity contribution is 0.0601. The molecule has 3 heteroatoms. The van der Waals surface area contributed by atoms with Crippen molar-refractivity contribution >= 4 is 27.6 Å². The molecule has 0 saturated carbocycles. The maximum absolute atomic E-state index is 11.6. The Balaban J connectivity index is 1.97. The average molecular weight is 327 g/mol. The van der Waals surface area contributed by atoms with E-state index in [0.29, 0.717) is 5.56 Å². The molecule has 0 atom stereocenters. The van der Waals surface area contributed by atoms with Crippen LogP contribution >= 0.6 is 0 Å². The number of carbonyl (C=O) groups is 1. The monoisotopic (exact) mass is 327 g/mol. The lowest BCUT2D eigenvalue weighted by Gasteiger charge is -2.11. The zero-order chi connectivity index (χ0) is 17.4. The van der Waals surface area contributed by atoms with E-state index >= 15 is 0 Å². The minimum atomic E-state index is -0.335. The van der Waals surface area contributed by atoms with Gasteiger partial charge in [-0.3, -0.25) is 0 Å². The highest BCUT2D eigenvalue weighted by Crippen LogP contribution is 2.32. The molecule has 3 aromatic carbocycles. The van der Waals surface area contributed by atoms with Gasteiger partial charge in [0.05, 0.1) is 23.9 Å². The van der Waals surface area contributed by atoms with Gasteiger partial charge in [0.1, 0.15) is 0 Å². The van der Waals surface area contributed by atoms with Gasteiger partial charge in [0, 0.05) is 16.3 Å². The second-order valence-electron chi connectivity index (χ2n) is 6.10. The molecule has 0 saturated heterocycles. The third-order valence-electron chi connectivity index (χ3n) is 4.44. The van der Waals surface area contributed by atoms with Crippen LogP contribution in [-0.4, -0.2) is 18.1 Å². The van der Waals surface area contributed by atoms with Crippen LogP contribution in [-0.2, 0) is 4.74 Å². The topological polar surface area (TPSA) is 39.2 Å². The van der Waals surface area contributed by atoms with Crippen LogP contribution in [0.5, 0.6) is 0 Å². The Hall–Kier alpha value is -3.20. The molecule has 0 aliphatic heterocycles. The molecule has 0 unspecified atom stereocenters. The number of hydrogen-bond donors (Lipinski definition) is 0. The fourth-order valence-electron chi connectivity index (χ4n) is 3.17. The van der Waals surface area contributed by atoms with Crippen LogP contribution in [0, 0.1) is 6.92 Å². The average Bonchev–Trinajstić information content (AvgIpc) is 2.67. The molecular formula is C22H17NO2. The minimum absolute atomic E-state index is 0.335. The number of nitrogens with zero attached hydrogens (tertiary/aromatic N) is 1. The first-order chi connectivity index (χ1) is 12.2. The summed E-state index contributed by atoms with van der Waals surface area (Å²) in [6.07, 6.45) is 0. The van der Waals surface area contributed by atoms with Gasteiger partial charge >= 0.3 is 5.97 Å². The molecule has 0 aliphatic rings. The van der Waals surface area contributed by atoms with Crippen LogP contribution in [0.1, 0.15) is 15.9 Å². The van der Waals surface area contributed by atoms with Crippen molar-refractivity contribution in [2.24, 2.45) is 0 Å².